The van der Waals surface area contributed by atoms with Gasteiger partial charge in [0.05, 0.1) is 13.1 Å². The van der Waals surface area contributed by atoms with E-state index in [2.05, 4.69) is 16.1 Å². The number of carbonyl (C=O) groups excluding carboxylic acids is 1. The van der Waals surface area contributed by atoms with E-state index >= 15 is 0 Å². The van der Waals surface area contributed by atoms with Gasteiger partial charge in [0.25, 0.3) is 0 Å². The normalized spacial score (nSPS) is 20.3. The molecular weight excluding hydrogens is 228 g/mol. The van der Waals surface area contributed by atoms with Crippen LogP contribution < -0.4 is 4.90 Å². The molecule has 2 amide bonds. The minimum absolute atomic E-state index is 0.185. The van der Waals surface area contributed by atoms with Crippen LogP contribution in [-0.4, -0.2) is 45.6 Å². The molecule has 0 radical (unpaired) electrons. The Hall–Kier alpha value is -1.65. The van der Waals surface area contributed by atoms with Crippen LogP contribution in [0.1, 0.15) is 5.01 Å². The Morgan fingerprint density at radius 2 is 2.44 bits per heavy atom. The second-order valence-corrected chi connectivity index (χ2v) is 4.48. The van der Waals surface area contributed by atoms with Gasteiger partial charge in [-0.1, -0.05) is 17.3 Å². The molecule has 1 aliphatic rings. The summed E-state index contributed by atoms with van der Waals surface area (Å²) in [6.07, 6.45) is 4.23. The zero-order valence-electron chi connectivity index (χ0n) is 8.62. The number of carbonyl (C=O) groups is 1. The highest BCUT2D eigenvalue weighted by Crippen LogP contribution is 2.26. The summed E-state index contributed by atoms with van der Waals surface area (Å²) >= 11 is 1.26. The summed E-state index contributed by atoms with van der Waals surface area (Å²) in [6.45, 7) is 2.17. The third-order valence-electron chi connectivity index (χ3n) is 2.16. The van der Waals surface area contributed by atoms with E-state index in [9.17, 15) is 9.90 Å². The van der Waals surface area contributed by atoms with Crippen molar-refractivity contribution in [1.29, 1.82) is 0 Å². The molecule has 0 aliphatic carbocycles. The second kappa shape index (κ2) is 4.08. The Kier molecular flexibility index (Phi) is 2.77. The SMILES string of the molecule is C#CCN1CC(O)N(c2nnc(C)s2)C1=O. The van der Waals surface area contributed by atoms with Gasteiger partial charge < -0.3 is 10.0 Å². The highest BCUT2D eigenvalue weighted by molar-refractivity contribution is 7.15. The summed E-state index contributed by atoms with van der Waals surface area (Å²) in [5, 5.41) is 18.5. The lowest BCUT2D eigenvalue weighted by Crippen LogP contribution is -2.34. The topological polar surface area (TPSA) is 69.6 Å². The maximum atomic E-state index is 11.9. The van der Waals surface area contributed by atoms with Crippen molar-refractivity contribution in [2.24, 2.45) is 0 Å². The first-order chi connectivity index (χ1) is 7.63. The van der Waals surface area contributed by atoms with E-state index in [0.717, 1.165) is 5.01 Å². The predicted octanol–water partition coefficient (Wildman–Crippen LogP) is 0.0401. The van der Waals surface area contributed by atoms with Crippen molar-refractivity contribution in [3.05, 3.63) is 5.01 Å². The maximum Gasteiger partial charge on any atom is 0.329 e. The van der Waals surface area contributed by atoms with Crippen LogP contribution in [0, 0.1) is 19.3 Å². The molecule has 0 aromatic carbocycles. The van der Waals surface area contributed by atoms with Gasteiger partial charge in [0, 0.05) is 0 Å². The number of nitrogens with zero attached hydrogens (tertiary/aromatic N) is 4. The lowest BCUT2D eigenvalue weighted by molar-refractivity contribution is 0.181. The summed E-state index contributed by atoms with van der Waals surface area (Å²) in [6, 6.07) is -0.332. The number of aliphatic hydroxyl groups is 1. The van der Waals surface area contributed by atoms with E-state index in [-0.39, 0.29) is 19.1 Å². The van der Waals surface area contributed by atoms with Crippen LogP contribution in [0.15, 0.2) is 0 Å². The second-order valence-electron chi connectivity index (χ2n) is 3.32. The Bertz CT molecular complexity index is 453. The summed E-state index contributed by atoms with van der Waals surface area (Å²) in [4.78, 5) is 14.5. The molecule has 1 aromatic rings. The van der Waals surface area contributed by atoms with E-state index < -0.39 is 6.23 Å². The number of aromatic nitrogens is 2. The Balaban J connectivity index is 2.23. The fourth-order valence-corrected chi connectivity index (χ4v) is 2.20. The van der Waals surface area contributed by atoms with Gasteiger partial charge in [-0.05, 0) is 6.92 Å². The van der Waals surface area contributed by atoms with Crippen LogP contribution in [-0.2, 0) is 0 Å². The predicted molar refractivity (Wildman–Crippen MR) is 58.9 cm³/mol. The number of terminal acetylenes is 1. The molecule has 1 atom stereocenters. The third-order valence-corrected chi connectivity index (χ3v) is 3.00. The average Bonchev–Trinajstić information content (AvgIpc) is 2.74. The molecule has 2 rings (SSSR count). The first kappa shape index (κ1) is 10.9. The number of amides is 2. The van der Waals surface area contributed by atoms with Crippen LogP contribution in [0.4, 0.5) is 9.93 Å². The Labute approximate surface area is 96.5 Å². The molecule has 1 aliphatic heterocycles. The molecular formula is C9H10N4O2S. The largest absolute Gasteiger partial charge is 0.371 e. The summed E-state index contributed by atoms with van der Waals surface area (Å²) in [5.74, 6) is 2.37. The number of aliphatic hydroxyl groups excluding tert-OH is 1. The molecule has 1 fully saturated rings. The van der Waals surface area contributed by atoms with Gasteiger partial charge in [-0.3, -0.25) is 0 Å². The quantitative estimate of drug-likeness (QED) is 0.739. The van der Waals surface area contributed by atoms with Gasteiger partial charge in [-0.2, -0.15) is 0 Å². The molecule has 1 aromatic heterocycles. The number of β-amino-alcohol motifs (C(OH)–C–C–N with tert-alkyl or cyclic N) is 1. The zero-order chi connectivity index (χ0) is 11.7. The molecule has 6 nitrogen and oxygen atoms in total. The van der Waals surface area contributed by atoms with E-state index in [0.29, 0.717) is 5.13 Å². The van der Waals surface area contributed by atoms with Crippen molar-refractivity contribution in [1.82, 2.24) is 15.1 Å². The smallest absolute Gasteiger partial charge is 0.329 e. The first-order valence-corrected chi connectivity index (χ1v) is 5.45. The molecule has 7 heteroatoms. The molecule has 1 N–H and O–H groups in total. The standard InChI is InChI=1S/C9H10N4O2S/c1-3-4-12-5-7(14)13(9(12)15)8-11-10-6(2)16-8/h1,7,14H,4-5H2,2H3. The fourth-order valence-electron chi connectivity index (χ4n) is 1.47. The number of aryl methyl sites for hydroxylation is 1. The van der Waals surface area contributed by atoms with E-state index in [1.165, 1.54) is 21.1 Å². The van der Waals surface area contributed by atoms with Gasteiger partial charge in [-0.15, -0.1) is 16.6 Å². The molecule has 2 heterocycles. The number of hydrogen-bond donors (Lipinski definition) is 1. The van der Waals surface area contributed by atoms with Gasteiger partial charge >= 0.3 is 6.03 Å². The monoisotopic (exact) mass is 238 g/mol. The Morgan fingerprint density at radius 1 is 1.69 bits per heavy atom. The number of hydrogen-bond acceptors (Lipinski definition) is 5. The van der Waals surface area contributed by atoms with E-state index in [1.807, 2.05) is 0 Å². The van der Waals surface area contributed by atoms with Crippen molar-refractivity contribution >= 4 is 22.5 Å². The zero-order valence-corrected chi connectivity index (χ0v) is 9.44. The van der Waals surface area contributed by atoms with Crippen molar-refractivity contribution in [2.75, 3.05) is 18.0 Å². The molecule has 0 saturated carbocycles. The maximum absolute atomic E-state index is 11.9. The minimum Gasteiger partial charge on any atom is -0.371 e. The molecule has 16 heavy (non-hydrogen) atoms. The lowest BCUT2D eigenvalue weighted by Gasteiger charge is -2.14. The van der Waals surface area contributed by atoms with E-state index in [4.69, 9.17) is 6.42 Å². The van der Waals surface area contributed by atoms with Gasteiger partial charge in [0.15, 0.2) is 6.23 Å². The van der Waals surface area contributed by atoms with Crippen LogP contribution in [0.25, 0.3) is 0 Å². The van der Waals surface area contributed by atoms with Gasteiger partial charge in [0.1, 0.15) is 5.01 Å². The van der Waals surface area contributed by atoms with Gasteiger partial charge in [-0.25, -0.2) is 9.69 Å². The van der Waals surface area contributed by atoms with Crippen LogP contribution in [0.3, 0.4) is 0 Å². The summed E-state index contributed by atoms with van der Waals surface area (Å²) in [5.41, 5.74) is 0. The van der Waals surface area contributed by atoms with Crippen molar-refractivity contribution in [3.63, 3.8) is 0 Å². The van der Waals surface area contributed by atoms with Crippen molar-refractivity contribution < 1.29 is 9.90 Å². The average molecular weight is 238 g/mol. The Morgan fingerprint density at radius 3 is 3.00 bits per heavy atom. The molecule has 1 saturated heterocycles. The highest BCUT2D eigenvalue weighted by Gasteiger charge is 2.38. The molecule has 1 unspecified atom stereocenters. The highest BCUT2D eigenvalue weighted by atomic mass is 32.1. The molecule has 0 spiro atoms. The van der Waals surface area contributed by atoms with Crippen LogP contribution >= 0.6 is 11.3 Å². The first-order valence-electron chi connectivity index (χ1n) is 4.63. The van der Waals surface area contributed by atoms with Crippen molar-refractivity contribution in [3.8, 4) is 12.3 Å². The fraction of sp³-hybridized carbons (Fsp3) is 0.444. The summed E-state index contributed by atoms with van der Waals surface area (Å²) < 4.78 is 0. The minimum atomic E-state index is -0.909. The number of urea groups is 1. The van der Waals surface area contributed by atoms with Crippen LogP contribution in [0.2, 0.25) is 0 Å². The third kappa shape index (κ3) is 1.73. The lowest BCUT2D eigenvalue weighted by atomic mass is 10.5. The molecule has 84 valence electrons. The number of anilines is 1. The summed E-state index contributed by atoms with van der Waals surface area (Å²) in [7, 11) is 0. The molecule has 0 bridgehead atoms. The van der Waals surface area contributed by atoms with Gasteiger partial charge in [0.2, 0.25) is 5.13 Å². The van der Waals surface area contributed by atoms with E-state index in [1.54, 1.807) is 6.92 Å². The van der Waals surface area contributed by atoms with Crippen LogP contribution in [0.5, 0.6) is 0 Å². The van der Waals surface area contributed by atoms with Crippen molar-refractivity contribution in [2.45, 2.75) is 13.2 Å². The number of rotatable bonds is 2.